The van der Waals surface area contributed by atoms with Gasteiger partial charge in [-0.05, 0) is 42.8 Å². The van der Waals surface area contributed by atoms with Gasteiger partial charge in [-0.3, -0.25) is 10.1 Å². The second-order valence-corrected chi connectivity index (χ2v) is 6.49. The molecule has 0 saturated carbocycles. The van der Waals surface area contributed by atoms with E-state index in [1.165, 1.54) is 6.08 Å². The van der Waals surface area contributed by atoms with E-state index in [0.29, 0.717) is 16.3 Å². The van der Waals surface area contributed by atoms with Crippen molar-refractivity contribution in [1.29, 1.82) is 0 Å². The van der Waals surface area contributed by atoms with Crippen LogP contribution in [0.3, 0.4) is 0 Å². The highest BCUT2D eigenvalue weighted by molar-refractivity contribution is 6.30. The van der Waals surface area contributed by atoms with E-state index in [-0.39, 0.29) is 23.7 Å². The zero-order valence-electron chi connectivity index (χ0n) is 16.3. The number of halogens is 1. The number of ether oxygens (including phenoxy) is 2. The Morgan fingerprint density at radius 1 is 1.13 bits per heavy atom. The van der Waals surface area contributed by atoms with Crippen molar-refractivity contribution in [2.24, 2.45) is 0 Å². The van der Waals surface area contributed by atoms with Crippen molar-refractivity contribution in [3.63, 3.8) is 0 Å². The lowest BCUT2D eigenvalue weighted by Gasteiger charge is -2.04. The van der Waals surface area contributed by atoms with Crippen LogP contribution in [-0.2, 0) is 9.53 Å². The molecular weight excluding hydrogens is 408 g/mol. The van der Waals surface area contributed by atoms with E-state index in [9.17, 15) is 9.59 Å². The SMILES string of the molecule is CCOC(=O)c1c(-c2ccc(Cl)cc2)noc1NC(=O)/C=C/c1ccc(OC)cc1. The van der Waals surface area contributed by atoms with Crippen molar-refractivity contribution >= 4 is 35.4 Å². The largest absolute Gasteiger partial charge is 0.497 e. The van der Waals surface area contributed by atoms with E-state index in [1.54, 1.807) is 68.6 Å². The molecule has 30 heavy (non-hydrogen) atoms. The third-order valence-electron chi connectivity index (χ3n) is 4.07. The molecule has 8 heteroatoms. The molecule has 7 nitrogen and oxygen atoms in total. The lowest BCUT2D eigenvalue weighted by atomic mass is 10.1. The monoisotopic (exact) mass is 426 g/mol. The van der Waals surface area contributed by atoms with Crippen LogP contribution in [0.1, 0.15) is 22.8 Å². The fraction of sp³-hybridized carbons (Fsp3) is 0.136. The number of methoxy groups -OCH3 is 1. The molecule has 1 N–H and O–H groups in total. The third kappa shape index (κ3) is 5.07. The lowest BCUT2D eigenvalue weighted by Crippen LogP contribution is -2.13. The Morgan fingerprint density at radius 2 is 1.83 bits per heavy atom. The Kier molecular flexibility index (Phi) is 6.87. The van der Waals surface area contributed by atoms with E-state index < -0.39 is 11.9 Å². The molecule has 0 aliphatic carbocycles. The Morgan fingerprint density at radius 3 is 2.47 bits per heavy atom. The summed E-state index contributed by atoms with van der Waals surface area (Å²) < 4.78 is 15.4. The molecule has 1 heterocycles. The number of hydrogen-bond acceptors (Lipinski definition) is 6. The quantitative estimate of drug-likeness (QED) is 0.429. The predicted octanol–water partition coefficient (Wildman–Crippen LogP) is 4.83. The van der Waals surface area contributed by atoms with E-state index in [1.807, 2.05) is 0 Å². The lowest BCUT2D eigenvalue weighted by molar-refractivity contribution is -0.112. The number of nitrogens with zero attached hydrogens (tertiary/aromatic N) is 1. The molecule has 0 unspecified atom stereocenters. The van der Waals surface area contributed by atoms with Crippen molar-refractivity contribution < 1.29 is 23.6 Å². The van der Waals surface area contributed by atoms with E-state index in [4.69, 9.17) is 25.6 Å². The highest BCUT2D eigenvalue weighted by Crippen LogP contribution is 2.30. The van der Waals surface area contributed by atoms with E-state index in [2.05, 4.69) is 10.5 Å². The number of nitrogens with one attached hydrogen (secondary N) is 1. The molecule has 0 atom stereocenters. The average molecular weight is 427 g/mol. The molecule has 0 bridgehead atoms. The maximum absolute atomic E-state index is 12.5. The van der Waals surface area contributed by atoms with Crippen LogP contribution in [-0.4, -0.2) is 30.7 Å². The van der Waals surface area contributed by atoms with Crippen molar-refractivity contribution in [1.82, 2.24) is 5.16 Å². The highest BCUT2D eigenvalue weighted by Gasteiger charge is 2.26. The summed E-state index contributed by atoms with van der Waals surface area (Å²) in [6.45, 7) is 1.85. The summed E-state index contributed by atoms with van der Waals surface area (Å²) >= 11 is 5.92. The van der Waals surface area contributed by atoms with Crippen molar-refractivity contribution in [2.75, 3.05) is 19.0 Å². The van der Waals surface area contributed by atoms with Crippen LogP contribution in [0.5, 0.6) is 5.75 Å². The molecule has 0 fully saturated rings. The van der Waals surface area contributed by atoms with E-state index in [0.717, 1.165) is 5.56 Å². The Hall–Kier alpha value is -3.58. The van der Waals surface area contributed by atoms with Gasteiger partial charge in [-0.1, -0.05) is 41.0 Å². The molecular formula is C22H19ClN2O5. The number of carbonyl (C=O) groups is 2. The van der Waals surface area contributed by atoms with Gasteiger partial charge < -0.3 is 14.0 Å². The van der Waals surface area contributed by atoms with E-state index >= 15 is 0 Å². The van der Waals surface area contributed by atoms with Crippen molar-refractivity contribution in [2.45, 2.75) is 6.92 Å². The molecule has 0 aliphatic rings. The molecule has 0 spiro atoms. The fourth-order valence-electron chi connectivity index (χ4n) is 2.61. The second-order valence-electron chi connectivity index (χ2n) is 6.06. The summed E-state index contributed by atoms with van der Waals surface area (Å²) in [6, 6.07) is 13.9. The minimum absolute atomic E-state index is 0.0327. The number of carbonyl (C=O) groups excluding carboxylic acids is 2. The third-order valence-corrected chi connectivity index (χ3v) is 4.32. The Labute approximate surface area is 178 Å². The maximum Gasteiger partial charge on any atom is 0.346 e. The summed E-state index contributed by atoms with van der Waals surface area (Å²) in [5.74, 6) is -0.525. The number of rotatable bonds is 7. The summed E-state index contributed by atoms with van der Waals surface area (Å²) in [5, 5.41) is 7.01. The summed E-state index contributed by atoms with van der Waals surface area (Å²) in [6.07, 6.45) is 2.94. The summed E-state index contributed by atoms with van der Waals surface area (Å²) in [5.41, 5.74) is 1.68. The molecule has 1 amide bonds. The highest BCUT2D eigenvalue weighted by atomic mass is 35.5. The van der Waals surface area contributed by atoms with Gasteiger partial charge >= 0.3 is 5.97 Å². The van der Waals surface area contributed by atoms with Gasteiger partial charge in [0, 0.05) is 16.7 Å². The fourth-order valence-corrected chi connectivity index (χ4v) is 2.74. The van der Waals surface area contributed by atoms with Crippen LogP contribution < -0.4 is 10.1 Å². The summed E-state index contributed by atoms with van der Waals surface area (Å²) in [7, 11) is 1.58. The molecule has 0 aliphatic heterocycles. The minimum atomic E-state index is -0.655. The number of amides is 1. The molecule has 1 aromatic heterocycles. The van der Waals surface area contributed by atoms with Gasteiger partial charge in [0.25, 0.3) is 5.91 Å². The van der Waals surface area contributed by atoms with Crippen LogP contribution in [0.4, 0.5) is 5.88 Å². The van der Waals surface area contributed by atoms with Crippen molar-refractivity contribution in [3.05, 3.63) is 70.8 Å². The van der Waals surface area contributed by atoms with Gasteiger partial charge in [-0.25, -0.2) is 4.79 Å². The number of aromatic nitrogens is 1. The first kappa shape index (κ1) is 21.1. The van der Waals surface area contributed by atoms with Crippen LogP contribution in [0.2, 0.25) is 5.02 Å². The van der Waals surface area contributed by atoms with Crippen LogP contribution in [0.25, 0.3) is 17.3 Å². The Bertz CT molecular complexity index is 1060. The van der Waals surface area contributed by atoms with Gasteiger partial charge in [-0.2, -0.15) is 0 Å². The van der Waals surface area contributed by atoms with Gasteiger partial charge in [0.1, 0.15) is 11.4 Å². The van der Waals surface area contributed by atoms with Gasteiger partial charge in [-0.15, -0.1) is 0 Å². The first-order chi connectivity index (χ1) is 14.5. The predicted molar refractivity (Wildman–Crippen MR) is 114 cm³/mol. The van der Waals surface area contributed by atoms with Crippen molar-refractivity contribution in [3.8, 4) is 17.0 Å². The zero-order chi connectivity index (χ0) is 21.5. The molecule has 0 saturated heterocycles. The van der Waals surface area contributed by atoms with Crippen LogP contribution in [0, 0.1) is 0 Å². The summed E-state index contributed by atoms with van der Waals surface area (Å²) in [4.78, 5) is 24.8. The minimum Gasteiger partial charge on any atom is -0.497 e. The molecule has 0 radical (unpaired) electrons. The number of anilines is 1. The molecule has 3 aromatic rings. The molecule has 2 aromatic carbocycles. The van der Waals surface area contributed by atoms with Gasteiger partial charge in [0.15, 0.2) is 5.56 Å². The van der Waals surface area contributed by atoms with Crippen LogP contribution >= 0.6 is 11.6 Å². The first-order valence-electron chi connectivity index (χ1n) is 9.07. The Balaban J connectivity index is 1.83. The van der Waals surface area contributed by atoms with Gasteiger partial charge in [0.05, 0.1) is 13.7 Å². The molecule has 154 valence electrons. The standard InChI is InChI=1S/C22H19ClN2O5/c1-3-29-22(27)19-20(15-7-9-16(23)10-8-15)25-30-21(19)24-18(26)13-6-14-4-11-17(28-2)12-5-14/h4-13H,3H2,1-2H3,(H,24,26)/b13-6+. The number of esters is 1. The topological polar surface area (TPSA) is 90.7 Å². The van der Waals surface area contributed by atoms with Gasteiger partial charge in [0.2, 0.25) is 5.88 Å². The first-order valence-corrected chi connectivity index (χ1v) is 9.45. The normalized spacial score (nSPS) is 10.8. The molecule has 3 rings (SSSR count). The second kappa shape index (κ2) is 9.76. The smallest absolute Gasteiger partial charge is 0.346 e. The average Bonchev–Trinajstić information content (AvgIpc) is 3.17. The van der Waals surface area contributed by atoms with Crippen LogP contribution in [0.15, 0.2) is 59.1 Å². The number of benzene rings is 2. The zero-order valence-corrected chi connectivity index (χ0v) is 17.1. The number of hydrogen-bond donors (Lipinski definition) is 1. The maximum atomic E-state index is 12.5.